The molecular formula is C9H8ClFO. The first-order valence-corrected chi connectivity index (χ1v) is 4.20. The molecule has 1 aliphatic rings. The maximum absolute atomic E-state index is 12.9. The molecule has 12 heavy (non-hydrogen) atoms. The smallest absolute Gasteiger partial charge is 0.142 e. The van der Waals surface area contributed by atoms with E-state index in [9.17, 15) is 4.39 Å². The Morgan fingerprint density at radius 1 is 1.33 bits per heavy atom. The van der Waals surface area contributed by atoms with Gasteiger partial charge in [-0.05, 0) is 29.7 Å². The van der Waals surface area contributed by atoms with Gasteiger partial charge in [-0.15, -0.1) is 0 Å². The molecule has 0 fully saturated rings. The van der Waals surface area contributed by atoms with E-state index >= 15 is 0 Å². The SMILES string of the molecule is Fc1cc2c(cc1Cl)CCOC2. The molecule has 1 aromatic rings. The van der Waals surface area contributed by atoms with E-state index in [4.69, 9.17) is 16.3 Å². The summed E-state index contributed by atoms with van der Waals surface area (Å²) in [6.45, 7) is 1.21. The fraction of sp³-hybridized carbons (Fsp3) is 0.333. The molecule has 0 radical (unpaired) electrons. The summed E-state index contributed by atoms with van der Waals surface area (Å²) in [6.07, 6.45) is 0.829. The lowest BCUT2D eigenvalue weighted by Gasteiger charge is -2.16. The number of ether oxygens (including phenoxy) is 1. The highest BCUT2D eigenvalue weighted by molar-refractivity contribution is 6.30. The molecule has 3 heteroatoms. The third kappa shape index (κ3) is 1.32. The van der Waals surface area contributed by atoms with Crippen molar-refractivity contribution in [2.24, 2.45) is 0 Å². The Labute approximate surface area is 75.1 Å². The van der Waals surface area contributed by atoms with Crippen LogP contribution in [-0.2, 0) is 17.8 Å². The van der Waals surface area contributed by atoms with Gasteiger partial charge < -0.3 is 4.74 Å². The summed E-state index contributed by atoms with van der Waals surface area (Å²) in [5, 5.41) is 0.204. The molecule has 0 amide bonds. The van der Waals surface area contributed by atoms with Crippen LogP contribution in [0, 0.1) is 5.82 Å². The van der Waals surface area contributed by atoms with Gasteiger partial charge >= 0.3 is 0 Å². The maximum Gasteiger partial charge on any atom is 0.142 e. The van der Waals surface area contributed by atoms with Crippen molar-refractivity contribution in [2.45, 2.75) is 13.0 Å². The van der Waals surface area contributed by atoms with Gasteiger partial charge in [0.2, 0.25) is 0 Å². The van der Waals surface area contributed by atoms with E-state index in [1.165, 1.54) is 6.07 Å². The molecule has 0 atom stereocenters. The van der Waals surface area contributed by atoms with Gasteiger partial charge in [0.15, 0.2) is 0 Å². The minimum absolute atomic E-state index is 0.204. The number of rotatable bonds is 0. The maximum atomic E-state index is 12.9. The Morgan fingerprint density at radius 3 is 3.00 bits per heavy atom. The predicted molar refractivity (Wildman–Crippen MR) is 44.8 cm³/mol. The minimum atomic E-state index is -0.360. The first-order chi connectivity index (χ1) is 5.77. The molecule has 0 saturated heterocycles. The molecule has 1 nitrogen and oxygen atoms in total. The molecule has 64 valence electrons. The van der Waals surface area contributed by atoms with Crippen LogP contribution in [0.2, 0.25) is 5.02 Å². The third-order valence-corrected chi connectivity index (χ3v) is 2.31. The van der Waals surface area contributed by atoms with E-state index in [0.717, 1.165) is 17.5 Å². The fourth-order valence-corrected chi connectivity index (χ4v) is 1.55. The summed E-state index contributed by atoms with van der Waals surface area (Å²) >= 11 is 5.63. The van der Waals surface area contributed by atoms with Gasteiger partial charge in [0.25, 0.3) is 0 Å². The van der Waals surface area contributed by atoms with Crippen molar-refractivity contribution in [3.8, 4) is 0 Å². The molecule has 0 bridgehead atoms. The Bertz CT molecular complexity index is 281. The highest BCUT2D eigenvalue weighted by Gasteiger charge is 2.12. The number of hydrogen-bond donors (Lipinski definition) is 0. The van der Waals surface area contributed by atoms with Crippen LogP contribution >= 0.6 is 11.6 Å². The van der Waals surface area contributed by atoms with Crippen molar-refractivity contribution in [2.75, 3.05) is 6.61 Å². The van der Waals surface area contributed by atoms with Crippen molar-refractivity contribution >= 4 is 11.6 Å². The molecule has 0 saturated carbocycles. The zero-order chi connectivity index (χ0) is 8.55. The third-order valence-electron chi connectivity index (χ3n) is 2.02. The number of hydrogen-bond acceptors (Lipinski definition) is 1. The second-order valence-corrected chi connectivity index (χ2v) is 3.24. The van der Waals surface area contributed by atoms with E-state index in [1.807, 2.05) is 0 Å². The van der Waals surface area contributed by atoms with Gasteiger partial charge in [0.1, 0.15) is 5.82 Å². The highest BCUT2D eigenvalue weighted by atomic mass is 35.5. The molecule has 0 aliphatic carbocycles. The van der Waals surface area contributed by atoms with Crippen LogP contribution in [0.3, 0.4) is 0 Å². The first-order valence-electron chi connectivity index (χ1n) is 3.82. The summed E-state index contributed by atoms with van der Waals surface area (Å²) in [5.41, 5.74) is 2.02. The number of halogens is 2. The summed E-state index contributed by atoms with van der Waals surface area (Å²) in [4.78, 5) is 0. The van der Waals surface area contributed by atoms with Gasteiger partial charge in [-0.3, -0.25) is 0 Å². The van der Waals surface area contributed by atoms with Gasteiger partial charge in [0, 0.05) is 0 Å². The summed E-state index contributed by atoms with van der Waals surface area (Å²) in [5.74, 6) is -0.360. The zero-order valence-electron chi connectivity index (χ0n) is 6.44. The topological polar surface area (TPSA) is 9.23 Å². The molecule has 1 aliphatic heterocycles. The molecule has 0 N–H and O–H groups in total. The van der Waals surface area contributed by atoms with Gasteiger partial charge in [-0.1, -0.05) is 11.6 Å². The van der Waals surface area contributed by atoms with E-state index in [0.29, 0.717) is 13.2 Å². The normalized spacial score (nSPS) is 15.8. The molecular weight excluding hydrogens is 179 g/mol. The molecule has 0 aromatic heterocycles. The van der Waals surface area contributed by atoms with E-state index in [1.54, 1.807) is 6.07 Å². The first kappa shape index (κ1) is 8.02. The molecule has 2 rings (SSSR count). The Morgan fingerprint density at radius 2 is 2.17 bits per heavy atom. The Hall–Kier alpha value is -0.600. The zero-order valence-corrected chi connectivity index (χ0v) is 7.20. The van der Waals surface area contributed by atoms with Crippen LogP contribution in [0.15, 0.2) is 12.1 Å². The van der Waals surface area contributed by atoms with E-state index in [-0.39, 0.29) is 10.8 Å². The summed E-state index contributed by atoms with van der Waals surface area (Å²) in [6, 6.07) is 3.14. The van der Waals surface area contributed by atoms with Crippen molar-refractivity contribution in [1.82, 2.24) is 0 Å². The average molecular weight is 187 g/mol. The number of benzene rings is 1. The van der Waals surface area contributed by atoms with Crippen molar-refractivity contribution in [3.63, 3.8) is 0 Å². The largest absolute Gasteiger partial charge is 0.376 e. The quantitative estimate of drug-likeness (QED) is 0.605. The lowest BCUT2D eigenvalue weighted by molar-refractivity contribution is 0.110. The van der Waals surface area contributed by atoms with Gasteiger partial charge in [-0.2, -0.15) is 0 Å². The lowest BCUT2D eigenvalue weighted by Crippen LogP contribution is -2.10. The summed E-state index contributed by atoms with van der Waals surface area (Å²) in [7, 11) is 0. The van der Waals surface area contributed by atoms with Crippen LogP contribution in [0.25, 0.3) is 0 Å². The predicted octanol–water partition coefficient (Wildman–Crippen LogP) is 2.55. The Kier molecular flexibility index (Phi) is 2.03. The van der Waals surface area contributed by atoms with Crippen LogP contribution in [0.1, 0.15) is 11.1 Å². The average Bonchev–Trinajstić information content (AvgIpc) is 2.07. The van der Waals surface area contributed by atoms with Crippen LogP contribution in [-0.4, -0.2) is 6.61 Å². The van der Waals surface area contributed by atoms with Crippen molar-refractivity contribution < 1.29 is 9.13 Å². The monoisotopic (exact) mass is 186 g/mol. The molecule has 0 unspecified atom stereocenters. The molecule has 1 aromatic carbocycles. The molecule has 1 heterocycles. The highest BCUT2D eigenvalue weighted by Crippen LogP contribution is 2.23. The second-order valence-electron chi connectivity index (χ2n) is 2.84. The van der Waals surface area contributed by atoms with Crippen LogP contribution in [0.4, 0.5) is 4.39 Å². The standard InChI is InChI=1S/C9H8ClFO/c10-8-3-6-1-2-12-5-7(6)4-9(8)11/h3-4H,1-2,5H2. The van der Waals surface area contributed by atoms with Gasteiger partial charge in [0.05, 0.1) is 18.2 Å². The number of fused-ring (bicyclic) bond motifs is 1. The van der Waals surface area contributed by atoms with Crippen molar-refractivity contribution in [3.05, 3.63) is 34.1 Å². The molecule has 0 spiro atoms. The van der Waals surface area contributed by atoms with Crippen LogP contribution in [0.5, 0.6) is 0 Å². The van der Waals surface area contributed by atoms with E-state index in [2.05, 4.69) is 0 Å². The van der Waals surface area contributed by atoms with E-state index < -0.39 is 0 Å². The minimum Gasteiger partial charge on any atom is -0.376 e. The summed E-state index contributed by atoms with van der Waals surface area (Å²) < 4.78 is 18.1. The second kappa shape index (κ2) is 3.04. The van der Waals surface area contributed by atoms with Crippen LogP contribution < -0.4 is 0 Å². The fourth-order valence-electron chi connectivity index (χ4n) is 1.36. The van der Waals surface area contributed by atoms with Crippen molar-refractivity contribution in [1.29, 1.82) is 0 Å². The van der Waals surface area contributed by atoms with Gasteiger partial charge in [-0.25, -0.2) is 4.39 Å². The Balaban J connectivity index is 2.49. The lowest BCUT2D eigenvalue weighted by atomic mass is 10.0.